The van der Waals surface area contributed by atoms with E-state index in [1.165, 1.54) is 0 Å². The predicted octanol–water partition coefficient (Wildman–Crippen LogP) is 5.11. The summed E-state index contributed by atoms with van der Waals surface area (Å²) in [5.41, 5.74) is 2.64. The van der Waals surface area contributed by atoms with Crippen LogP contribution in [-0.4, -0.2) is 31.1 Å². The molecule has 3 amide bonds. The number of hydrogen-bond acceptors (Lipinski definition) is 3. The van der Waals surface area contributed by atoms with E-state index in [4.69, 9.17) is 11.6 Å². The van der Waals surface area contributed by atoms with Gasteiger partial charge in [0, 0.05) is 41.2 Å². The van der Waals surface area contributed by atoms with Crippen LogP contribution in [0.2, 0.25) is 5.02 Å². The Bertz CT molecular complexity index is 881. The molecular weight excluding hydrogens is 388 g/mol. The number of nitrogens with zero attached hydrogens (tertiary/aromatic N) is 1. The van der Waals surface area contributed by atoms with Crippen LogP contribution in [0.25, 0.3) is 0 Å². The molecule has 0 aliphatic carbocycles. The Balaban J connectivity index is 1.79. The Labute approximate surface area is 176 Å². The molecule has 1 fully saturated rings. The van der Waals surface area contributed by atoms with Crippen molar-refractivity contribution in [1.82, 2.24) is 5.32 Å². The number of nitrogens with one attached hydrogen (secondary N) is 3. The molecule has 1 unspecified atom stereocenters. The first kappa shape index (κ1) is 21.0. The quantitative estimate of drug-likeness (QED) is 0.614. The maximum atomic E-state index is 12.9. The molecule has 2 aromatic carbocycles. The van der Waals surface area contributed by atoms with Gasteiger partial charge in [-0.05, 0) is 62.6 Å². The lowest BCUT2D eigenvalue weighted by molar-refractivity contribution is 0.0940. The van der Waals surface area contributed by atoms with E-state index in [1.807, 2.05) is 26.0 Å². The van der Waals surface area contributed by atoms with Crippen LogP contribution >= 0.6 is 11.6 Å². The van der Waals surface area contributed by atoms with Crippen molar-refractivity contribution in [1.29, 1.82) is 0 Å². The molecule has 0 spiro atoms. The van der Waals surface area contributed by atoms with Crippen molar-refractivity contribution in [3.63, 3.8) is 0 Å². The average molecular weight is 415 g/mol. The summed E-state index contributed by atoms with van der Waals surface area (Å²) >= 11 is 5.96. The molecule has 0 radical (unpaired) electrons. The lowest BCUT2D eigenvalue weighted by Crippen LogP contribution is -2.33. The van der Waals surface area contributed by atoms with Crippen molar-refractivity contribution >= 4 is 40.6 Å². The normalized spacial score (nSPS) is 14.4. The highest BCUT2D eigenvalue weighted by atomic mass is 35.5. The molecule has 6 nitrogen and oxygen atoms in total. The van der Waals surface area contributed by atoms with Gasteiger partial charge in [-0.3, -0.25) is 4.79 Å². The van der Waals surface area contributed by atoms with E-state index >= 15 is 0 Å². The van der Waals surface area contributed by atoms with Gasteiger partial charge in [-0.25, -0.2) is 4.79 Å². The van der Waals surface area contributed by atoms with Crippen molar-refractivity contribution in [2.75, 3.05) is 28.6 Å². The molecule has 1 aliphatic heterocycles. The van der Waals surface area contributed by atoms with Crippen molar-refractivity contribution in [3.8, 4) is 0 Å². The average Bonchev–Trinajstić information content (AvgIpc) is 3.22. The van der Waals surface area contributed by atoms with Gasteiger partial charge >= 0.3 is 6.03 Å². The summed E-state index contributed by atoms with van der Waals surface area (Å²) in [6.07, 6.45) is 3.09. The van der Waals surface area contributed by atoms with E-state index in [2.05, 4.69) is 20.9 Å². The minimum absolute atomic E-state index is 0.0803. The molecule has 3 rings (SSSR count). The summed E-state index contributed by atoms with van der Waals surface area (Å²) in [7, 11) is 0. The molecule has 0 saturated carbocycles. The molecule has 7 heteroatoms. The highest BCUT2D eigenvalue weighted by molar-refractivity contribution is 6.30. The monoisotopic (exact) mass is 414 g/mol. The van der Waals surface area contributed by atoms with Crippen LogP contribution in [0.1, 0.15) is 43.5 Å². The number of hydrogen-bond donors (Lipinski definition) is 3. The van der Waals surface area contributed by atoms with Crippen LogP contribution in [-0.2, 0) is 0 Å². The molecule has 1 saturated heterocycles. The fourth-order valence-electron chi connectivity index (χ4n) is 3.29. The third-order valence-electron chi connectivity index (χ3n) is 5.02. The number of carbonyl (C=O) groups is 2. The topological polar surface area (TPSA) is 73.5 Å². The van der Waals surface area contributed by atoms with Crippen molar-refractivity contribution in [2.45, 2.75) is 39.2 Å². The zero-order chi connectivity index (χ0) is 20.8. The van der Waals surface area contributed by atoms with E-state index < -0.39 is 6.03 Å². The second kappa shape index (κ2) is 9.65. The second-order valence-electron chi connectivity index (χ2n) is 7.30. The van der Waals surface area contributed by atoms with Gasteiger partial charge in [-0.15, -0.1) is 0 Å². The standard InChI is InChI=1S/C22H27ClN4O2/c1-3-15(2)24-21(28)19-14-18(9-10-20(19)27-11-4-5-12-27)26-22(29)25-17-8-6-7-16(23)13-17/h6-10,13-15H,3-5,11-12H2,1-2H3,(H,24,28)(H2,25,26,29). The maximum Gasteiger partial charge on any atom is 0.323 e. The zero-order valence-corrected chi connectivity index (χ0v) is 17.6. The first-order chi connectivity index (χ1) is 14.0. The van der Waals surface area contributed by atoms with Crippen LogP contribution in [0.5, 0.6) is 0 Å². The predicted molar refractivity (Wildman–Crippen MR) is 119 cm³/mol. The summed E-state index contributed by atoms with van der Waals surface area (Å²) in [6, 6.07) is 12.1. The van der Waals surface area contributed by atoms with Gasteiger partial charge < -0.3 is 20.9 Å². The molecule has 1 aliphatic rings. The zero-order valence-electron chi connectivity index (χ0n) is 16.8. The molecule has 0 aromatic heterocycles. The van der Waals surface area contributed by atoms with Gasteiger partial charge in [0.2, 0.25) is 0 Å². The molecule has 1 heterocycles. The van der Waals surface area contributed by atoms with Crippen LogP contribution in [0.4, 0.5) is 21.9 Å². The minimum Gasteiger partial charge on any atom is -0.371 e. The van der Waals surface area contributed by atoms with Gasteiger partial charge in [-0.1, -0.05) is 24.6 Å². The second-order valence-corrected chi connectivity index (χ2v) is 7.73. The van der Waals surface area contributed by atoms with Gasteiger partial charge in [0.1, 0.15) is 0 Å². The summed E-state index contributed by atoms with van der Waals surface area (Å²) in [4.78, 5) is 27.5. The first-order valence-corrected chi connectivity index (χ1v) is 10.4. The van der Waals surface area contributed by atoms with Crippen LogP contribution in [0.15, 0.2) is 42.5 Å². The van der Waals surface area contributed by atoms with Gasteiger partial charge in [0.05, 0.1) is 5.56 Å². The van der Waals surface area contributed by atoms with E-state index in [9.17, 15) is 9.59 Å². The Morgan fingerprint density at radius 3 is 2.41 bits per heavy atom. The molecule has 1 atom stereocenters. The fourth-order valence-corrected chi connectivity index (χ4v) is 3.48. The Morgan fingerprint density at radius 1 is 1.07 bits per heavy atom. The third kappa shape index (κ3) is 5.64. The largest absolute Gasteiger partial charge is 0.371 e. The lowest BCUT2D eigenvalue weighted by Gasteiger charge is -2.23. The smallest absolute Gasteiger partial charge is 0.323 e. The maximum absolute atomic E-state index is 12.9. The number of anilines is 3. The number of amides is 3. The molecule has 0 bridgehead atoms. The number of halogens is 1. The Kier molecular flexibility index (Phi) is 6.99. The number of urea groups is 1. The summed E-state index contributed by atoms with van der Waals surface area (Å²) in [6.45, 7) is 5.88. The highest BCUT2D eigenvalue weighted by Gasteiger charge is 2.21. The highest BCUT2D eigenvalue weighted by Crippen LogP contribution is 2.28. The summed E-state index contributed by atoms with van der Waals surface area (Å²) in [5.74, 6) is -0.125. The van der Waals surface area contributed by atoms with Crippen LogP contribution in [0.3, 0.4) is 0 Å². The molecule has 3 N–H and O–H groups in total. The molecular formula is C22H27ClN4O2. The van der Waals surface area contributed by atoms with Crippen molar-refractivity contribution in [3.05, 3.63) is 53.1 Å². The van der Waals surface area contributed by atoms with Crippen LogP contribution in [0, 0.1) is 0 Å². The fraction of sp³-hybridized carbons (Fsp3) is 0.364. The minimum atomic E-state index is -0.394. The lowest BCUT2D eigenvalue weighted by atomic mass is 10.1. The van der Waals surface area contributed by atoms with E-state index in [0.717, 1.165) is 38.0 Å². The third-order valence-corrected chi connectivity index (χ3v) is 5.25. The van der Waals surface area contributed by atoms with Gasteiger partial charge in [0.15, 0.2) is 0 Å². The van der Waals surface area contributed by atoms with E-state index in [0.29, 0.717) is 22.0 Å². The summed E-state index contributed by atoms with van der Waals surface area (Å²) in [5, 5.41) is 9.12. The molecule has 154 valence electrons. The summed E-state index contributed by atoms with van der Waals surface area (Å²) < 4.78 is 0. The number of carbonyl (C=O) groups excluding carboxylic acids is 2. The SMILES string of the molecule is CCC(C)NC(=O)c1cc(NC(=O)Nc2cccc(Cl)c2)ccc1N1CCCC1. The molecule has 2 aromatic rings. The van der Waals surface area contributed by atoms with Gasteiger partial charge in [-0.2, -0.15) is 0 Å². The molecule has 29 heavy (non-hydrogen) atoms. The first-order valence-electron chi connectivity index (χ1n) is 9.99. The number of benzene rings is 2. The van der Waals surface area contributed by atoms with Gasteiger partial charge in [0.25, 0.3) is 5.91 Å². The Hall–Kier alpha value is -2.73. The van der Waals surface area contributed by atoms with Crippen molar-refractivity contribution in [2.24, 2.45) is 0 Å². The van der Waals surface area contributed by atoms with Crippen molar-refractivity contribution < 1.29 is 9.59 Å². The van der Waals surface area contributed by atoms with E-state index in [1.54, 1.807) is 30.3 Å². The van der Waals surface area contributed by atoms with Crippen LogP contribution < -0.4 is 20.9 Å². The van der Waals surface area contributed by atoms with E-state index in [-0.39, 0.29) is 11.9 Å². The Morgan fingerprint density at radius 2 is 1.76 bits per heavy atom. The number of rotatable bonds is 6.